The average Bonchev–Trinajstić information content (AvgIpc) is 2.42. The van der Waals surface area contributed by atoms with Crippen LogP contribution in [0.5, 0.6) is 0 Å². The molecule has 0 aromatic rings. The fraction of sp³-hybridized carbons (Fsp3) is 0.941. The molecule has 4 heteroatoms. The number of likely N-dealkylation sites (tertiary alicyclic amines) is 1. The van der Waals surface area contributed by atoms with E-state index < -0.39 is 0 Å². The molecule has 1 heterocycles. The highest BCUT2D eigenvalue weighted by Gasteiger charge is 2.28. The molecule has 21 heavy (non-hydrogen) atoms. The van der Waals surface area contributed by atoms with Crippen LogP contribution in [-0.2, 0) is 4.79 Å². The van der Waals surface area contributed by atoms with E-state index in [2.05, 4.69) is 20.8 Å². The Balaban J connectivity index is 2.40. The van der Waals surface area contributed by atoms with Crippen LogP contribution in [0.25, 0.3) is 0 Å². The van der Waals surface area contributed by atoms with Crippen LogP contribution in [0, 0.1) is 17.3 Å². The summed E-state index contributed by atoms with van der Waals surface area (Å²) in [5.74, 6) is 1.13. The fourth-order valence-electron chi connectivity index (χ4n) is 3.30. The highest BCUT2D eigenvalue weighted by Crippen LogP contribution is 2.32. The lowest BCUT2D eigenvalue weighted by molar-refractivity contribution is -0.133. The number of piperidine rings is 1. The van der Waals surface area contributed by atoms with E-state index in [1.807, 2.05) is 11.8 Å². The van der Waals surface area contributed by atoms with Crippen molar-refractivity contribution < 1.29 is 9.90 Å². The average molecular weight is 298 g/mol. The SMILES string of the molecule is CC(O)C1CCN(C(=O)CCC(CCN)C(C)(C)C)CC1. The Morgan fingerprint density at radius 3 is 2.29 bits per heavy atom. The van der Waals surface area contributed by atoms with E-state index >= 15 is 0 Å². The van der Waals surface area contributed by atoms with Gasteiger partial charge in [0.05, 0.1) is 6.10 Å². The van der Waals surface area contributed by atoms with Crippen LogP contribution in [0.3, 0.4) is 0 Å². The molecule has 124 valence electrons. The maximum atomic E-state index is 12.3. The van der Waals surface area contributed by atoms with Gasteiger partial charge in [0.15, 0.2) is 0 Å². The standard InChI is InChI=1S/C17H34N2O2/c1-13(20)14-8-11-19(12-9-14)16(21)6-5-15(7-10-18)17(2,3)4/h13-15,20H,5-12,18H2,1-4H3. The van der Waals surface area contributed by atoms with E-state index in [9.17, 15) is 9.90 Å². The van der Waals surface area contributed by atoms with Crippen molar-refractivity contribution in [2.45, 2.75) is 65.9 Å². The summed E-state index contributed by atoms with van der Waals surface area (Å²) >= 11 is 0. The monoisotopic (exact) mass is 298 g/mol. The first-order valence-electron chi connectivity index (χ1n) is 8.41. The molecule has 1 rings (SSSR count). The second kappa shape index (κ2) is 8.14. The van der Waals surface area contributed by atoms with Crippen LogP contribution in [-0.4, -0.2) is 41.7 Å². The minimum atomic E-state index is -0.253. The summed E-state index contributed by atoms with van der Waals surface area (Å²) in [5, 5.41) is 9.61. The Labute approximate surface area is 130 Å². The van der Waals surface area contributed by atoms with Crippen molar-refractivity contribution in [3.8, 4) is 0 Å². The molecule has 0 bridgehead atoms. The number of aliphatic hydroxyl groups excluding tert-OH is 1. The summed E-state index contributed by atoms with van der Waals surface area (Å²) in [6.07, 6.45) is 4.14. The second-order valence-electron chi connectivity index (χ2n) is 7.64. The van der Waals surface area contributed by atoms with Crippen molar-refractivity contribution in [1.29, 1.82) is 0 Å². The van der Waals surface area contributed by atoms with Gasteiger partial charge in [-0.1, -0.05) is 20.8 Å². The Kier molecular flexibility index (Phi) is 7.14. The number of nitrogens with zero attached hydrogens (tertiary/aromatic N) is 1. The van der Waals surface area contributed by atoms with Gasteiger partial charge in [-0.05, 0) is 56.4 Å². The number of hydrogen-bond donors (Lipinski definition) is 2. The maximum Gasteiger partial charge on any atom is 0.222 e. The van der Waals surface area contributed by atoms with Gasteiger partial charge in [-0.2, -0.15) is 0 Å². The number of nitrogens with two attached hydrogens (primary N) is 1. The number of hydrogen-bond acceptors (Lipinski definition) is 3. The van der Waals surface area contributed by atoms with Crippen LogP contribution in [0.2, 0.25) is 0 Å². The smallest absolute Gasteiger partial charge is 0.222 e. The first-order chi connectivity index (χ1) is 9.75. The molecule has 2 unspecified atom stereocenters. The normalized spacial score (nSPS) is 20.4. The van der Waals surface area contributed by atoms with Crippen LogP contribution in [0.4, 0.5) is 0 Å². The zero-order valence-electron chi connectivity index (χ0n) is 14.3. The van der Waals surface area contributed by atoms with Crippen molar-refractivity contribution in [1.82, 2.24) is 4.90 Å². The lowest BCUT2D eigenvalue weighted by Gasteiger charge is -2.35. The molecular formula is C17H34N2O2. The fourth-order valence-corrected chi connectivity index (χ4v) is 3.30. The molecule has 4 nitrogen and oxygen atoms in total. The topological polar surface area (TPSA) is 66.6 Å². The van der Waals surface area contributed by atoms with Crippen molar-refractivity contribution in [3.05, 3.63) is 0 Å². The molecular weight excluding hydrogens is 264 g/mol. The Bertz CT molecular complexity index is 315. The van der Waals surface area contributed by atoms with Crippen molar-refractivity contribution in [2.75, 3.05) is 19.6 Å². The second-order valence-corrected chi connectivity index (χ2v) is 7.64. The molecule has 1 fully saturated rings. The molecule has 0 saturated carbocycles. The third-order valence-electron chi connectivity index (χ3n) is 5.02. The first-order valence-corrected chi connectivity index (χ1v) is 8.41. The number of rotatable bonds is 6. The molecule has 1 amide bonds. The van der Waals surface area contributed by atoms with Crippen molar-refractivity contribution in [2.24, 2.45) is 23.0 Å². The third-order valence-corrected chi connectivity index (χ3v) is 5.02. The van der Waals surface area contributed by atoms with Gasteiger partial charge in [0.1, 0.15) is 0 Å². The quantitative estimate of drug-likeness (QED) is 0.791. The molecule has 1 aliphatic heterocycles. The van der Waals surface area contributed by atoms with Crippen molar-refractivity contribution >= 4 is 5.91 Å². The van der Waals surface area contributed by atoms with Crippen LogP contribution < -0.4 is 5.73 Å². The molecule has 1 saturated heterocycles. The summed E-state index contributed by atoms with van der Waals surface area (Å²) in [5.41, 5.74) is 5.91. The van der Waals surface area contributed by atoms with E-state index in [-0.39, 0.29) is 17.4 Å². The zero-order chi connectivity index (χ0) is 16.0. The van der Waals surface area contributed by atoms with E-state index in [4.69, 9.17) is 5.73 Å². The molecule has 0 radical (unpaired) electrons. The van der Waals surface area contributed by atoms with Crippen molar-refractivity contribution in [3.63, 3.8) is 0 Å². The molecule has 0 aromatic carbocycles. The van der Waals surface area contributed by atoms with Crippen LogP contribution in [0.15, 0.2) is 0 Å². The molecule has 0 aromatic heterocycles. The Morgan fingerprint density at radius 2 is 1.86 bits per heavy atom. The molecule has 1 aliphatic rings. The van der Waals surface area contributed by atoms with Gasteiger partial charge in [0.2, 0.25) is 5.91 Å². The summed E-state index contributed by atoms with van der Waals surface area (Å²) in [4.78, 5) is 14.3. The molecule has 0 aliphatic carbocycles. The Hall–Kier alpha value is -0.610. The van der Waals surface area contributed by atoms with E-state index in [0.717, 1.165) is 38.8 Å². The van der Waals surface area contributed by atoms with E-state index in [1.165, 1.54) is 0 Å². The first kappa shape index (κ1) is 18.4. The highest BCUT2D eigenvalue weighted by atomic mass is 16.3. The van der Waals surface area contributed by atoms with Gasteiger partial charge in [-0.3, -0.25) is 4.79 Å². The number of amides is 1. The number of carbonyl (C=O) groups excluding carboxylic acids is 1. The lowest BCUT2D eigenvalue weighted by atomic mass is 9.76. The van der Waals surface area contributed by atoms with Gasteiger partial charge in [-0.25, -0.2) is 0 Å². The largest absolute Gasteiger partial charge is 0.393 e. The van der Waals surface area contributed by atoms with Crippen LogP contribution in [0.1, 0.15) is 59.8 Å². The highest BCUT2D eigenvalue weighted by molar-refractivity contribution is 5.76. The zero-order valence-corrected chi connectivity index (χ0v) is 14.3. The molecule has 2 atom stereocenters. The number of carbonyl (C=O) groups is 1. The van der Waals surface area contributed by atoms with Crippen LogP contribution >= 0.6 is 0 Å². The maximum absolute atomic E-state index is 12.3. The van der Waals surface area contributed by atoms with Gasteiger partial charge in [0, 0.05) is 19.5 Å². The number of aliphatic hydroxyl groups is 1. The Morgan fingerprint density at radius 1 is 1.29 bits per heavy atom. The van der Waals surface area contributed by atoms with Gasteiger partial charge in [-0.15, -0.1) is 0 Å². The van der Waals surface area contributed by atoms with Gasteiger partial charge < -0.3 is 15.7 Å². The predicted octanol–water partition coefficient (Wildman–Crippen LogP) is 2.40. The van der Waals surface area contributed by atoms with Gasteiger partial charge >= 0.3 is 0 Å². The third kappa shape index (κ3) is 5.95. The van der Waals surface area contributed by atoms with E-state index in [1.54, 1.807) is 0 Å². The summed E-state index contributed by atoms with van der Waals surface area (Å²) in [6, 6.07) is 0. The predicted molar refractivity (Wildman–Crippen MR) is 86.8 cm³/mol. The molecule has 0 spiro atoms. The minimum Gasteiger partial charge on any atom is -0.393 e. The summed E-state index contributed by atoms with van der Waals surface area (Å²) in [7, 11) is 0. The molecule has 3 N–H and O–H groups in total. The summed E-state index contributed by atoms with van der Waals surface area (Å²) in [6.45, 7) is 10.8. The minimum absolute atomic E-state index is 0.207. The summed E-state index contributed by atoms with van der Waals surface area (Å²) < 4.78 is 0. The van der Waals surface area contributed by atoms with Gasteiger partial charge in [0.25, 0.3) is 0 Å². The van der Waals surface area contributed by atoms with E-state index in [0.29, 0.717) is 24.8 Å². The lowest BCUT2D eigenvalue weighted by Crippen LogP contribution is -2.41.